The summed E-state index contributed by atoms with van der Waals surface area (Å²) in [5, 5.41) is 11.0. The lowest BCUT2D eigenvalue weighted by Gasteiger charge is -2.31. The largest absolute Gasteiger partial charge is 0.458 e. The Hall–Kier alpha value is -3.10. The van der Waals surface area contributed by atoms with Crippen LogP contribution in [0.3, 0.4) is 0 Å². The molecule has 5 rings (SSSR count). The highest BCUT2D eigenvalue weighted by Crippen LogP contribution is 2.46. The van der Waals surface area contributed by atoms with E-state index in [0.717, 1.165) is 22.3 Å². The van der Waals surface area contributed by atoms with E-state index in [1.165, 1.54) is 0 Å². The minimum atomic E-state index is -1.88. The number of aliphatic hydroxyl groups is 1. The molecule has 0 spiro atoms. The number of hydrogen-bond donors (Lipinski definition) is 2. The molecule has 1 aliphatic carbocycles. The Kier molecular flexibility index (Phi) is 4.74. The standard InChI is InChI=1S/C25H26FN3O4/c1-5-25(32)17-8-19-22-15(9-29(19)23(30)16(17)10-33-24(25)31)21-18(27)7-6-14(11(2)12(3)26)20(21)13(4)28-22/h8,18,32H,3,5-7,9-10,27H2,1-2,4H3/b14-11-/t18?,25-/m0/s1. The lowest BCUT2D eigenvalue weighted by molar-refractivity contribution is -0.172. The Morgan fingerprint density at radius 1 is 1.42 bits per heavy atom. The van der Waals surface area contributed by atoms with E-state index in [2.05, 4.69) is 6.58 Å². The summed E-state index contributed by atoms with van der Waals surface area (Å²) >= 11 is 0. The number of cyclic esters (lactones) is 1. The molecule has 0 bridgehead atoms. The molecule has 4 heterocycles. The first-order valence-corrected chi connectivity index (χ1v) is 11.1. The predicted octanol–water partition coefficient (Wildman–Crippen LogP) is 3.29. The van der Waals surface area contributed by atoms with Gasteiger partial charge in [-0.3, -0.25) is 9.78 Å². The molecule has 172 valence electrons. The molecule has 0 saturated carbocycles. The van der Waals surface area contributed by atoms with Gasteiger partial charge in [-0.25, -0.2) is 9.18 Å². The van der Waals surface area contributed by atoms with Crippen molar-refractivity contribution < 1.29 is 19.0 Å². The molecule has 2 aliphatic heterocycles. The van der Waals surface area contributed by atoms with Crippen molar-refractivity contribution >= 4 is 11.5 Å². The second-order valence-electron chi connectivity index (χ2n) is 9.07. The molecule has 0 radical (unpaired) electrons. The number of allylic oxidation sites excluding steroid dienone is 3. The van der Waals surface area contributed by atoms with Crippen LogP contribution in [-0.2, 0) is 28.3 Å². The van der Waals surface area contributed by atoms with Crippen LogP contribution < -0.4 is 11.3 Å². The first kappa shape index (κ1) is 21.7. The molecule has 7 nitrogen and oxygen atoms in total. The first-order valence-electron chi connectivity index (χ1n) is 11.1. The van der Waals surface area contributed by atoms with Gasteiger partial charge in [-0.2, -0.15) is 0 Å². The Morgan fingerprint density at radius 3 is 2.82 bits per heavy atom. The van der Waals surface area contributed by atoms with Gasteiger partial charge in [0.2, 0.25) is 0 Å². The second-order valence-corrected chi connectivity index (χ2v) is 9.07. The average molecular weight is 451 g/mol. The van der Waals surface area contributed by atoms with Gasteiger partial charge in [0.15, 0.2) is 5.60 Å². The number of carbonyl (C=O) groups is 1. The van der Waals surface area contributed by atoms with Crippen molar-refractivity contribution in [3.8, 4) is 11.4 Å². The van der Waals surface area contributed by atoms with Gasteiger partial charge < -0.3 is 20.1 Å². The van der Waals surface area contributed by atoms with Crippen molar-refractivity contribution in [3.05, 3.63) is 67.9 Å². The van der Waals surface area contributed by atoms with Crippen LogP contribution in [0.4, 0.5) is 4.39 Å². The average Bonchev–Trinajstić information content (AvgIpc) is 3.15. The summed E-state index contributed by atoms with van der Waals surface area (Å²) in [7, 11) is 0. The van der Waals surface area contributed by atoms with E-state index in [1.807, 2.05) is 6.92 Å². The van der Waals surface area contributed by atoms with E-state index in [9.17, 15) is 19.1 Å². The molecule has 1 unspecified atom stereocenters. The van der Waals surface area contributed by atoms with E-state index >= 15 is 0 Å². The molecule has 0 fully saturated rings. The number of nitrogens with two attached hydrogens (primary N) is 1. The topological polar surface area (TPSA) is 107 Å². The fraction of sp³-hybridized carbons (Fsp3) is 0.400. The highest BCUT2D eigenvalue weighted by Gasteiger charge is 2.45. The molecular formula is C25H26FN3O4. The molecule has 0 saturated heterocycles. The predicted molar refractivity (Wildman–Crippen MR) is 121 cm³/mol. The van der Waals surface area contributed by atoms with Crippen molar-refractivity contribution in [2.75, 3.05) is 0 Å². The lowest BCUT2D eigenvalue weighted by Crippen LogP contribution is -2.44. The van der Waals surface area contributed by atoms with Crippen molar-refractivity contribution in [1.82, 2.24) is 9.55 Å². The van der Waals surface area contributed by atoms with Gasteiger partial charge in [0.05, 0.1) is 23.5 Å². The molecular weight excluding hydrogens is 425 g/mol. The zero-order valence-electron chi connectivity index (χ0n) is 18.9. The van der Waals surface area contributed by atoms with Crippen LogP contribution in [0.15, 0.2) is 28.8 Å². The number of nitrogens with zero attached hydrogens (tertiary/aromatic N) is 2. The Labute approximate surface area is 190 Å². The molecule has 3 aliphatic rings. The Morgan fingerprint density at radius 2 is 2.15 bits per heavy atom. The summed E-state index contributed by atoms with van der Waals surface area (Å²) in [5.41, 5.74) is 10.6. The quantitative estimate of drug-likeness (QED) is 0.579. The number of esters is 1. The Bertz CT molecular complexity index is 1360. The highest BCUT2D eigenvalue weighted by atomic mass is 19.1. The van der Waals surface area contributed by atoms with Gasteiger partial charge >= 0.3 is 5.97 Å². The lowest BCUT2D eigenvalue weighted by atomic mass is 9.79. The monoisotopic (exact) mass is 451 g/mol. The number of carbonyl (C=O) groups excluding carboxylic acids is 1. The maximum absolute atomic E-state index is 14.0. The van der Waals surface area contributed by atoms with Gasteiger partial charge in [-0.1, -0.05) is 13.5 Å². The second kappa shape index (κ2) is 7.20. The summed E-state index contributed by atoms with van der Waals surface area (Å²) in [6.45, 7) is 8.77. The van der Waals surface area contributed by atoms with Crippen LogP contribution in [0.25, 0.3) is 17.0 Å². The SMILES string of the molecule is C=C(F)/C(C)=C1/CCC(N)c2c3c(nc(C)c21)-c1cc2c(c(=O)n1C3)COC(=O)[C@]2(O)CC. The summed E-state index contributed by atoms with van der Waals surface area (Å²) in [4.78, 5) is 30.6. The maximum atomic E-state index is 14.0. The molecule has 2 atom stereocenters. The molecule has 2 aromatic heterocycles. The van der Waals surface area contributed by atoms with Gasteiger partial charge in [0.25, 0.3) is 5.56 Å². The van der Waals surface area contributed by atoms with Crippen molar-refractivity contribution in [2.24, 2.45) is 5.73 Å². The van der Waals surface area contributed by atoms with Crippen LogP contribution >= 0.6 is 0 Å². The first-order chi connectivity index (χ1) is 15.6. The summed E-state index contributed by atoms with van der Waals surface area (Å²) in [5.74, 6) is -1.24. The molecule has 33 heavy (non-hydrogen) atoms. The van der Waals surface area contributed by atoms with Crippen molar-refractivity contribution in [1.29, 1.82) is 0 Å². The third-order valence-corrected chi connectivity index (χ3v) is 7.36. The minimum Gasteiger partial charge on any atom is -0.458 e. The fourth-order valence-corrected chi connectivity index (χ4v) is 5.45. The molecule has 2 aromatic rings. The van der Waals surface area contributed by atoms with Crippen LogP contribution in [0.1, 0.15) is 72.7 Å². The van der Waals surface area contributed by atoms with E-state index in [-0.39, 0.29) is 42.3 Å². The van der Waals surface area contributed by atoms with Gasteiger partial charge in [-0.05, 0) is 55.9 Å². The van der Waals surface area contributed by atoms with E-state index < -0.39 is 17.4 Å². The highest BCUT2D eigenvalue weighted by molar-refractivity contribution is 5.85. The third-order valence-electron chi connectivity index (χ3n) is 7.36. The number of halogens is 1. The van der Waals surface area contributed by atoms with Crippen LogP contribution in [0.5, 0.6) is 0 Å². The van der Waals surface area contributed by atoms with Crippen LogP contribution in [0, 0.1) is 6.92 Å². The van der Waals surface area contributed by atoms with Gasteiger partial charge in [0.1, 0.15) is 12.4 Å². The van der Waals surface area contributed by atoms with E-state index in [1.54, 1.807) is 24.5 Å². The number of aryl methyl sites for hydroxylation is 1. The molecule has 3 N–H and O–H groups in total. The van der Waals surface area contributed by atoms with Gasteiger partial charge in [-0.15, -0.1) is 0 Å². The molecule has 0 amide bonds. The van der Waals surface area contributed by atoms with Crippen LogP contribution in [0.2, 0.25) is 0 Å². The van der Waals surface area contributed by atoms with Crippen molar-refractivity contribution in [3.63, 3.8) is 0 Å². The zero-order chi connectivity index (χ0) is 23.8. The number of fused-ring (bicyclic) bond motifs is 6. The third kappa shape index (κ3) is 2.83. The molecule has 0 aromatic carbocycles. The smallest absolute Gasteiger partial charge is 0.343 e. The fourth-order valence-electron chi connectivity index (χ4n) is 5.45. The van der Waals surface area contributed by atoms with E-state index in [4.69, 9.17) is 15.5 Å². The molecule has 8 heteroatoms. The summed E-state index contributed by atoms with van der Waals surface area (Å²) in [6, 6.07) is 1.41. The van der Waals surface area contributed by atoms with E-state index in [0.29, 0.717) is 35.5 Å². The van der Waals surface area contributed by atoms with Crippen LogP contribution in [-0.4, -0.2) is 20.6 Å². The number of hydrogen-bond acceptors (Lipinski definition) is 6. The zero-order valence-corrected chi connectivity index (χ0v) is 18.9. The number of ether oxygens (including phenoxy) is 1. The van der Waals surface area contributed by atoms with Gasteiger partial charge in [0, 0.05) is 28.4 Å². The number of rotatable bonds is 2. The summed E-state index contributed by atoms with van der Waals surface area (Å²) in [6.07, 6.45) is 1.34. The Balaban J connectivity index is 1.80. The minimum absolute atomic E-state index is 0.0800. The normalized spacial score (nSPS) is 24.4. The van der Waals surface area contributed by atoms with Crippen molar-refractivity contribution in [2.45, 2.75) is 64.8 Å². The number of pyridine rings is 2. The number of aromatic nitrogens is 2. The summed E-state index contributed by atoms with van der Waals surface area (Å²) < 4.78 is 20.8. The maximum Gasteiger partial charge on any atom is 0.343 e.